The molecule has 24 heavy (non-hydrogen) atoms. The number of phenols is 1. The van der Waals surface area contributed by atoms with E-state index in [0.717, 1.165) is 5.57 Å². The van der Waals surface area contributed by atoms with Gasteiger partial charge in [0.1, 0.15) is 17.4 Å². The van der Waals surface area contributed by atoms with Crippen LogP contribution >= 0.6 is 0 Å². The van der Waals surface area contributed by atoms with E-state index in [2.05, 4.69) is 16.5 Å². The van der Waals surface area contributed by atoms with Gasteiger partial charge in [-0.2, -0.15) is 0 Å². The number of aromatic hydroxyl groups is 1. The number of fused-ring (bicyclic) bond motifs is 1. The van der Waals surface area contributed by atoms with E-state index >= 15 is 0 Å². The zero-order valence-electron chi connectivity index (χ0n) is 13.6. The Bertz CT molecular complexity index is 924. The maximum atomic E-state index is 13.7. The highest BCUT2D eigenvalue weighted by Crippen LogP contribution is 2.31. The van der Waals surface area contributed by atoms with Gasteiger partial charge in [-0.3, -0.25) is 0 Å². The molecule has 122 valence electrons. The van der Waals surface area contributed by atoms with Crippen LogP contribution in [0.2, 0.25) is 0 Å². The molecule has 3 rings (SSSR count). The summed E-state index contributed by atoms with van der Waals surface area (Å²) in [7, 11) is 1.87. The Kier molecular flexibility index (Phi) is 4.16. The van der Waals surface area contributed by atoms with Crippen LogP contribution in [-0.2, 0) is 0 Å². The van der Waals surface area contributed by atoms with Gasteiger partial charge >= 0.3 is 0 Å². The van der Waals surface area contributed by atoms with E-state index in [-0.39, 0.29) is 11.6 Å². The molecule has 0 radical (unpaired) electrons. The minimum Gasteiger partial charge on any atom is -0.507 e. The first-order chi connectivity index (χ1) is 11.5. The molecule has 2 aromatic carbocycles. The number of benzene rings is 2. The number of anilines is 1. The van der Waals surface area contributed by atoms with Gasteiger partial charge in [0.2, 0.25) is 0 Å². The van der Waals surface area contributed by atoms with Gasteiger partial charge < -0.3 is 10.0 Å². The second-order valence-electron chi connectivity index (χ2n) is 5.86. The van der Waals surface area contributed by atoms with Gasteiger partial charge in [-0.15, -0.1) is 0 Å². The molecule has 3 aromatic rings. The quantitative estimate of drug-likeness (QED) is 0.733. The lowest BCUT2D eigenvalue weighted by molar-refractivity contribution is 0.477. The normalized spacial score (nSPS) is 10.8. The van der Waals surface area contributed by atoms with Gasteiger partial charge in [0, 0.05) is 19.0 Å². The highest BCUT2D eigenvalue weighted by molar-refractivity contribution is 5.91. The van der Waals surface area contributed by atoms with Gasteiger partial charge in [-0.25, -0.2) is 14.4 Å². The van der Waals surface area contributed by atoms with Crippen molar-refractivity contribution in [2.75, 3.05) is 18.5 Å². The van der Waals surface area contributed by atoms with Crippen LogP contribution < -0.4 is 4.90 Å². The molecule has 0 fully saturated rings. The van der Waals surface area contributed by atoms with E-state index in [1.807, 2.05) is 24.9 Å². The van der Waals surface area contributed by atoms with E-state index < -0.39 is 0 Å². The first-order valence-electron chi connectivity index (χ1n) is 7.57. The van der Waals surface area contributed by atoms with Crippen LogP contribution in [0.15, 0.2) is 54.6 Å². The Balaban J connectivity index is 2.25. The first-order valence-corrected chi connectivity index (χ1v) is 7.57. The van der Waals surface area contributed by atoms with Gasteiger partial charge in [0.05, 0.1) is 11.1 Å². The Morgan fingerprint density at radius 3 is 2.67 bits per heavy atom. The summed E-state index contributed by atoms with van der Waals surface area (Å²) in [5.41, 5.74) is 2.12. The second-order valence-corrected chi connectivity index (χ2v) is 5.86. The molecule has 0 saturated carbocycles. The van der Waals surface area contributed by atoms with E-state index in [1.54, 1.807) is 24.3 Å². The van der Waals surface area contributed by atoms with Gasteiger partial charge in [-0.1, -0.05) is 24.3 Å². The Morgan fingerprint density at radius 2 is 1.96 bits per heavy atom. The molecular weight excluding hydrogens is 305 g/mol. The standard InChI is InChI=1S/C19H18FN3O/c1-12(2)11-23(3)19-15-10-13(20)8-9-16(15)21-18(22-19)14-6-4-5-7-17(14)24/h4-10,24H,1,11H2,2-3H3. The molecule has 0 unspecified atom stereocenters. The van der Waals surface area contributed by atoms with Crippen molar-refractivity contribution in [2.45, 2.75) is 6.92 Å². The van der Waals surface area contributed by atoms with Crippen LogP contribution in [0.1, 0.15) is 6.92 Å². The van der Waals surface area contributed by atoms with Crippen LogP contribution in [0.3, 0.4) is 0 Å². The molecule has 1 aromatic heterocycles. The maximum absolute atomic E-state index is 13.7. The van der Waals surface area contributed by atoms with Crippen molar-refractivity contribution in [1.29, 1.82) is 0 Å². The van der Waals surface area contributed by atoms with Crippen molar-refractivity contribution in [3.05, 3.63) is 60.4 Å². The minimum absolute atomic E-state index is 0.104. The molecule has 0 aliphatic rings. The Labute approximate surface area is 139 Å². The summed E-state index contributed by atoms with van der Waals surface area (Å²) in [4.78, 5) is 11.0. The van der Waals surface area contributed by atoms with Crippen molar-refractivity contribution in [2.24, 2.45) is 0 Å². The number of hydrogen-bond acceptors (Lipinski definition) is 4. The van der Waals surface area contributed by atoms with Crippen molar-refractivity contribution < 1.29 is 9.50 Å². The van der Waals surface area contributed by atoms with Gasteiger partial charge in [0.25, 0.3) is 0 Å². The number of rotatable bonds is 4. The summed E-state index contributed by atoms with van der Waals surface area (Å²) >= 11 is 0. The van der Waals surface area contributed by atoms with Crippen molar-refractivity contribution in [1.82, 2.24) is 9.97 Å². The maximum Gasteiger partial charge on any atom is 0.165 e. The van der Waals surface area contributed by atoms with Crippen LogP contribution in [0, 0.1) is 5.82 Å². The number of para-hydroxylation sites is 1. The van der Waals surface area contributed by atoms with Crippen LogP contribution in [-0.4, -0.2) is 28.7 Å². The smallest absolute Gasteiger partial charge is 0.165 e. The fraction of sp³-hybridized carbons (Fsp3) is 0.158. The highest BCUT2D eigenvalue weighted by Gasteiger charge is 2.15. The molecular formula is C19H18FN3O. The largest absolute Gasteiger partial charge is 0.507 e. The third-order valence-electron chi connectivity index (χ3n) is 3.65. The van der Waals surface area contributed by atoms with Crippen LogP contribution in [0.25, 0.3) is 22.3 Å². The number of likely N-dealkylation sites (N-methyl/N-ethyl adjacent to an activating group) is 1. The molecule has 0 aliphatic carbocycles. The van der Waals surface area contributed by atoms with Crippen molar-refractivity contribution in [3.8, 4) is 17.1 Å². The number of phenolic OH excluding ortho intramolecular Hbond substituents is 1. The molecule has 1 heterocycles. The van der Waals surface area contributed by atoms with Crippen LogP contribution in [0.4, 0.5) is 10.2 Å². The van der Waals surface area contributed by atoms with E-state index in [1.165, 1.54) is 12.1 Å². The van der Waals surface area contributed by atoms with Crippen LogP contribution in [0.5, 0.6) is 5.75 Å². The predicted octanol–water partition coefficient (Wildman–Crippen LogP) is 4.15. The molecule has 0 atom stereocenters. The van der Waals surface area contributed by atoms with E-state index in [0.29, 0.717) is 34.7 Å². The average molecular weight is 323 g/mol. The lowest BCUT2D eigenvalue weighted by Crippen LogP contribution is -2.21. The lowest BCUT2D eigenvalue weighted by Gasteiger charge is -2.21. The second kappa shape index (κ2) is 6.28. The third kappa shape index (κ3) is 3.06. The summed E-state index contributed by atoms with van der Waals surface area (Å²) in [5, 5.41) is 10.7. The summed E-state index contributed by atoms with van der Waals surface area (Å²) in [6.07, 6.45) is 0. The monoisotopic (exact) mass is 323 g/mol. The fourth-order valence-corrected chi connectivity index (χ4v) is 2.64. The molecule has 0 amide bonds. The molecule has 0 spiro atoms. The summed E-state index contributed by atoms with van der Waals surface area (Å²) < 4.78 is 13.7. The number of nitrogens with zero attached hydrogens (tertiary/aromatic N) is 3. The predicted molar refractivity (Wildman–Crippen MR) is 94.7 cm³/mol. The fourth-order valence-electron chi connectivity index (χ4n) is 2.64. The number of hydrogen-bond donors (Lipinski definition) is 1. The summed E-state index contributed by atoms with van der Waals surface area (Å²) in [6.45, 7) is 6.42. The van der Waals surface area contributed by atoms with Gasteiger partial charge in [-0.05, 0) is 37.3 Å². The summed E-state index contributed by atoms with van der Waals surface area (Å²) in [5.74, 6) is 0.760. The number of halogens is 1. The highest BCUT2D eigenvalue weighted by atomic mass is 19.1. The third-order valence-corrected chi connectivity index (χ3v) is 3.65. The topological polar surface area (TPSA) is 49.2 Å². The molecule has 0 bridgehead atoms. The molecule has 1 N–H and O–H groups in total. The van der Waals surface area contributed by atoms with E-state index in [9.17, 15) is 9.50 Å². The van der Waals surface area contributed by atoms with E-state index in [4.69, 9.17) is 0 Å². The minimum atomic E-state index is -0.341. The molecule has 0 aliphatic heterocycles. The van der Waals surface area contributed by atoms with Crippen molar-refractivity contribution >= 4 is 16.7 Å². The SMILES string of the molecule is C=C(C)CN(C)c1nc(-c2ccccc2O)nc2ccc(F)cc12. The molecule has 4 nitrogen and oxygen atoms in total. The zero-order valence-corrected chi connectivity index (χ0v) is 13.6. The number of aromatic nitrogens is 2. The van der Waals surface area contributed by atoms with Crippen molar-refractivity contribution in [3.63, 3.8) is 0 Å². The first kappa shape index (κ1) is 15.9. The molecule has 0 saturated heterocycles. The molecule has 5 heteroatoms. The lowest BCUT2D eigenvalue weighted by atomic mass is 10.1. The Morgan fingerprint density at radius 1 is 1.21 bits per heavy atom. The average Bonchev–Trinajstić information content (AvgIpc) is 2.53. The zero-order chi connectivity index (χ0) is 17.3. The Hall–Kier alpha value is -2.95. The van der Waals surface area contributed by atoms with Gasteiger partial charge in [0.15, 0.2) is 5.82 Å². The summed E-state index contributed by atoms with van der Waals surface area (Å²) in [6, 6.07) is 11.3.